The van der Waals surface area contributed by atoms with E-state index in [0.29, 0.717) is 5.56 Å². The van der Waals surface area contributed by atoms with Crippen LogP contribution in [0.15, 0.2) is 42.6 Å². The third-order valence-electron chi connectivity index (χ3n) is 2.36. The number of hydrogen-bond acceptors (Lipinski definition) is 3. The Hall–Kier alpha value is -1.96. The monoisotopic (exact) mass is 368 g/mol. The summed E-state index contributed by atoms with van der Waals surface area (Å²) >= 11 is 2.10. The fourth-order valence-electron chi connectivity index (χ4n) is 1.49. The van der Waals surface area contributed by atoms with Gasteiger partial charge in [-0.2, -0.15) is 0 Å². The number of aromatic carboxylic acids is 1. The van der Waals surface area contributed by atoms with Gasteiger partial charge < -0.3 is 10.4 Å². The van der Waals surface area contributed by atoms with Crippen LogP contribution in [0, 0.1) is 3.57 Å². The van der Waals surface area contributed by atoms with Crippen molar-refractivity contribution in [2.45, 2.75) is 0 Å². The number of anilines is 1. The molecule has 0 unspecified atom stereocenters. The highest BCUT2D eigenvalue weighted by Crippen LogP contribution is 2.14. The van der Waals surface area contributed by atoms with Gasteiger partial charge >= 0.3 is 5.97 Å². The zero-order valence-electron chi connectivity index (χ0n) is 9.63. The molecule has 0 aliphatic carbocycles. The van der Waals surface area contributed by atoms with Crippen LogP contribution in [0.5, 0.6) is 0 Å². The van der Waals surface area contributed by atoms with Crippen molar-refractivity contribution < 1.29 is 14.7 Å². The summed E-state index contributed by atoms with van der Waals surface area (Å²) in [6, 6.07) is 9.87. The fourth-order valence-corrected chi connectivity index (χ4v) is 2.03. The van der Waals surface area contributed by atoms with Gasteiger partial charge in [-0.3, -0.25) is 4.79 Å². The topological polar surface area (TPSA) is 79.3 Å². The number of hydrogen-bond donors (Lipinski definition) is 2. The Balaban J connectivity index is 2.27. The third kappa shape index (κ3) is 3.28. The van der Waals surface area contributed by atoms with Gasteiger partial charge in [-0.15, -0.1) is 0 Å². The van der Waals surface area contributed by atoms with Crippen molar-refractivity contribution >= 4 is 40.3 Å². The Morgan fingerprint density at radius 3 is 2.68 bits per heavy atom. The van der Waals surface area contributed by atoms with Crippen molar-refractivity contribution in [1.29, 1.82) is 0 Å². The molecule has 5 nitrogen and oxygen atoms in total. The van der Waals surface area contributed by atoms with Crippen LogP contribution in [-0.2, 0) is 0 Å². The van der Waals surface area contributed by atoms with Gasteiger partial charge in [0.1, 0.15) is 11.4 Å². The summed E-state index contributed by atoms with van der Waals surface area (Å²) in [7, 11) is 0. The molecule has 0 radical (unpaired) electrons. The van der Waals surface area contributed by atoms with Crippen molar-refractivity contribution in [2.24, 2.45) is 0 Å². The highest BCUT2D eigenvalue weighted by molar-refractivity contribution is 14.1. The summed E-state index contributed by atoms with van der Waals surface area (Å²) in [5.74, 6) is -1.48. The van der Waals surface area contributed by atoms with Gasteiger partial charge in [0, 0.05) is 15.3 Å². The highest BCUT2D eigenvalue weighted by atomic mass is 127. The number of carbonyl (C=O) groups is 2. The molecule has 2 rings (SSSR count). The SMILES string of the molecule is O=C(Nc1ncccc1C(=O)O)c1cccc(I)c1. The molecule has 2 N–H and O–H groups in total. The molecule has 1 amide bonds. The molecule has 1 heterocycles. The van der Waals surface area contributed by atoms with E-state index in [0.717, 1.165) is 3.57 Å². The molecule has 0 fully saturated rings. The minimum Gasteiger partial charge on any atom is -0.478 e. The quantitative estimate of drug-likeness (QED) is 0.817. The number of amides is 1. The molecule has 96 valence electrons. The van der Waals surface area contributed by atoms with Crippen LogP contribution in [0.2, 0.25) is 0 Å². The van der Waals surface area contributed by atoms with E-state index < -0.39 is 5.97 Å². The molecule has 1 aromatic heterocycles. The number of rotatable bonds is 3. The average molecular weight is 368 g/mol. The molecule has 0 atom stereocenters. The normalized spacial score (nSPS) is 9.95. The van der Waals surface area contributed by atoms with Gasteiger partial charge in [0.15, 0.2) is 0 Å². The summed E-state index contributed by atoms with van der Waals surface area (Å²) < 4.78 is 0.921. The third-order valence-corrected chi connectivity index (χ3v) is 3.03. The molecule has 0 bridgehead atoms. The van der Waals surface area contributed by atoms with Gasteiger partial charge in [0.05, 0.1) is 0 Å². The molecule has 0 saturated carbocycles. The molecule has 0 aliphatic heterocycles. The van der Waals surface area contributed by atoms with Crippen LogP contribution < -0.4 is 5.32 Å². The largest absolute Gasteiger partial charge is 0.478 e. The predicted octanol–water partition coefficient (Wildman–Crippen LogP) is 2.64. The second kappa shape index (κ2) is 5.79. The van der Waals surface area contributed by atoms with Crippen molar-refractivity contribution in [3.05, 3.63) is 57.3 Å². The van der Waals surface area contributed by atoms with Crippen molar-refractivity contribution in [3.8, 4) is 0 Å². The van der Waals surface area contributed by atoms with Gasteiger partial charge in [-0.1, -0.05) is 6.07 Å². The Bertz CT molecular complexity index is 643. The first-order chi connectivity index (χ1) is 9.08. The number of nitrogens with zero attached hydrogens (tertiary/aromatic N) is 1. The zero-order chi connectivity index (χ0) is 13.8. The van der Waals surface area contributed by atoms with Gasteiger partial charge in [0.25, 0.3) is 5.91 Å². The number of carboxylic acid groups (broad SMARTS) is 1. The van der Waals surface area contributed by atoms with E-state index in [2.05, 4.69) is 32.9 Å². The van der Waals surface area contributed by atoms with Gasteiger partial charge in [0.2, 0.25) is 0 Å². The van der Waals surface area contributed by atoms with E-state index >= 15 is 0 Å². The van der Waals surface area contributed by atoms with Crippen LogP contribution in [-0.4, -0.2) is 22.0 Å². The Kier molecular flexibility index (Phi) is 4.10. The Morgan fingerprint density at radius 2 is 2.00 bits per heavy atom. The number of carbonyl (C=O) groups excluding carboxylic acids is 1. The first-order valence-electron chi connectivity index (χ1n) is 5.33. The van der Waals surface area contributed by atoms with E-state index in [1.807, 2.05) is 6.07 Å². The van der Waals surface area contributed by atoms with Crippen molar-refractivity contribution in [2.75, 3.05) is 5.32 Å². The molecule has 0 spiro atoms. The van der Waals surface area contributed by atoms with Crippen molar-refractivity contribution in [3.63, 3.8) is 0 Å². The van der Waals surface area contributed by atoms with Crippen LogP contribution >= 0.6 is 22.6 Å². The van der Waals surface area contributed by atoms with Crippen LogP contribution in [0.1, 0.15) is 20.7 Å². The smallest absolute Gasteiger partial charge is 0.339 e. The van der Waals surface area contributed by atoms with E-state index in [9.17, 15) is 9.59 Å². The average Bonchev–Trinajstić information content (AvgIpc) is 2.39. The molecule has 2 aromatic rings. The number of aromatic nitrogens is 1. The van der Waals surface area contributed by atoms with E-state index in [1.54, 1.807) is 18.2 Å². The molecule has 6 heteroatoms. The fraction of sp³-hybridized carbons (Fsp3) is 0. The van der Waals surface area contributed by atoms with Gasteiger partial charge in [-0.25, -0.2) is 9.78 Å². The van der Waals surface area contributed by atoms with Crippen molar-refractivity contribution in [1.82, 2.24) is 4.98 Å². The van der Waals surface area contributed by atoms with E-state index in [-0.39, 0.29) is 17.3 Å². The summed E-state index contributed by atoms with van der Waals surface area (Å²) in [5, 5.41) is 11.5. The summed E-state index contributed by atoms with van der Waals surface area (Å²) in [5.41, 5.74) is 0.412. The molecule has 0 aliphatic rings. The number of pyridine rings is 1. The zero-order valence-corrected chi connectivity index (χ0v) is 11.8. The lowest BCUT2D eigenvalue weighted by molar-refractivity contribution is 0.0697. The first-order valence-corrected chi connectivity index (χ1v) is 6.41. The minimum atomic E-state index is -1.13. The summed E-state index contributed by atoms with van der Waals surface area (Å²) in [6.07, 6.45) is 1.43. The summed E-state index contributed by atoms with van der Waals surface area (Å²) in [6.45, 7) is 0. The molecular formula is C13H9IN2O3. The number of carboxylic acids is 1. The van der Waals surface area contributed by atoms with E-state index in [4.69, 9.17) is 5.11 Å². The van der Waals surface area contributed by atoms with Gasteiger partial charge in [-0.05, 0) is 52.9 Å². The predicted molar refractivity (Wildman–Crippen MR) is 78.3 cm³/mol. The first kappa shape index (κ1) is 13.5. The number of benzene rings is 1. The maximum Gasteiger partial charge on any atom is 0.339 e. The standard InChI is InChI=1S/C13H9IN2O3/c14-9-4-1-3-8(7-9)12(17)16-11-10(13(18)19)5-2-6-15-11/h1-7H,(H,18,19)(H,15,16,17). The maximum atomic E-state index is 12.0. The summed E-state index contributed by atoms with van der Waals surface area (Å²) in [4.78, 5) is 26.9. The molecular weight excluding hydrogens is 359 g/mol. The van der Waals surface area contributed by atoms with Crippen LogP contribution in [0.4, 0.5) is 5.82 Å². The second-order valence-electron chi connectivity index (χ2n) is 3.67. The molecule has 0 saturated heterocycles. The molecule has 19 heavy (non-hydrogen) atoms. The van der Waals surface area contributed by atoms with E-state index in [1.165, 1.54) is 18.3 Å². The molecule has 1 aromatic carbocycles. The minimum absolute atomic E-state index is 0.0403. The van der Waals surface area contributed by atoms with Crippen LogP contribution in [0.3, 0.4) is 0 Å². The number of halogens is 1. The highest BCUT2D eigenvalue weighted by Gasteiger charge is 2.14. The Morgan fingerprint density at radius 1 is 1.21 bits per heavy atom. The second-order valence-corrected chi connectivity index (χ2v) is 4.91. The maximum absolute atomic E-state index is 12.0. The lowest BCUT2D eigenvalue weighted by Gasteiger charge is -2.07. The lowest BCUT2D eigenvalue weighted by Crippen LogP contribution is -2.16. The van der Waals surface area contributed by atoms with Crippen LogP contribution in [0.25, 0.3) is 0 Å². The number of nitrogens with one attached hydrogen (secondary N) is 1. The lowest BCUT2D eigenvalue weighted by atomic mass is 10.2. The Labute approximate surface area is 122 Å².